The number of amides is 1. The number of sulfonamides is 1. The molecule has 1 amide bonds. The molecule has 2 aliphatic heterocycles. The van der Waals surface area contributed by atoms with Crippen molar-refractivity contribution in [1.29, 1.82) is 5.26 Å². The number of likely N-dealkylation sites (tertiary alicyclic amines) is 2. The second-order valence-electron chi connectivity index (χ2n) is 17.6. The Morgan fingerprint density at radius 2 is 1.76 bits per heavy atom. The number of aromatic nitrogens is 2. The first-order valence-corrected chi connectivity index (χ1v) is 23.5. The second-order valence-corrected chi connectivity index (χ2v) is 20.5. The lowest BCUT2D eigenvalue weighted by Gasteiger charge is -2.25. The van der Waals surface area contributed by atoms with Crippen molar-refractivity contribution < 1.29 is 32.2 Å². The van der Waals surface area contributed by atoms with Gasteiger partial charge in [0.2, 0.25) is 33.6 Å². The molecular formula is C46H46Cl2N6O7S. The van der Waals surface area contributed by atoms with Gasteiger partial charge in [0, 0.05) is 43.3 Å². The molecule has 3 aromatic carbocycles. The zero-order valence-corrected chi connectivity index (χ0v) is 36.7. The third-order valence-electron chi connectivity index (χ3n) is 13.6. The van der Waals surface area contributed by atoms with Gasteiger partial charge in [0.25, 0.3) is 0 Å². The van der Waals surface area contributed by atoms with Gasteiger partial charge in [0.05, 0.1) is 34.5 Å². The van der Waals surface area contributed by atoms with Gasteiger partial charge in [-0.3, -0.25) is 19.3 Å². The summed E-state index contributed by atoms with van der Waals surface area (Å²) in [6.07, 6.45) is 4.65. The SMILES string of the molecule is COc1nc(O[C@H]2CCc3c(-c4cccc(-c5nc6cc7c(c(C#N)c6o5)CC[C@H]7N5CC[C@@H](C(=O)NS(=O)(=O)C6(C)CC6)C5)c4Cl)cccc32)c(Cl)cc1CN1CC[C@@H](O)C1. The number of rotatable bonds is 11. The highest BCUT2D eigenvalue weighted by Crippen LogP contribution is 2.47. The Hall–Kier alpha value is -4.75. The van der Waals surface area contributed by atoms with Crippen LogP contribution in [0, 0.1) is 17.2 Å². The predicted molar refractivity (Wildman–Crippen MR) is 233 cm³/mol. The summed E-state index contributed by atoms with van der Waals surface area (Å²) in [5.41, 5.74) is 8.63. The van der Waals surface area contributed by atoms with E-state index >= 15 is 0 Å². The van der Waals surface area contributed by atoms with Crippen LogP contribution in [0.25, 0.3) is 33.7 Å². The molecule has 4 heterocycles. The highest BCUT2D eigenvalue weighted by Gasteiger charge is 2.51. The van der Waals surface area contributed by atoms with Crippen molar-refractivity contribution in [3.05, 3.63) is 92.0 Å². The predicted octanol–water partition coefficient (Wildman–Crippen LogP) is 7.68. The monoisotopic (exact) mass is 896 g/mol. The van der Waals surface area contributed by atoms with E-state index < -0.39 is 26.6 Å². The van der Waals surface area contributed by atoms with Gasteiger partial charge in [-0.15, -0.1) is 0 Å². The molecule has 5 aromatic rings. The molecule has 16 heteroatoms. The molecule has 62 heavy (non-hydrogen) atoms. The lowest BCUT2D eigenvalue weighted by atomic mass is 9.95. The molecule has 3 fully saturated rings. The number of carbonyl (C=O) groups excluding carboxylic acids is 1. The first-order valence-electron chi connectivity index (χ1n) is 21.2. The first-order chi connectivity index (χ1) is 29.8. The minimum atomic E-state index is -3.71. The van der Waals surface area contributed by atoms with Gasteiger partial charge in [-0.05, 0) is 111 Å². The van der Waals surface area contributed by atoms with E-state index in [1.165, 1.54) is 0 Å². The topological polar surface area (TPSA) is 171 Å². The van der Waals surface area contributed by atoms with Gasteiger partial charge in [-0.25, -0.2) is 13.4 Å². The Kier molecular flexibility index (Phi) is 10.5. The molecule has 0 unspecified atom stereocenters. The molecule has 0 bridgehead atoms. The van der Waals surface area contributed by atoms with E-state index in [-0.39, 0.29) is 18.2 Å². The molecule has 13 nitrogen and oxygen atoms in total. The van der Waals surface area contributed by atoms with E-state index in [4.69, 9.17) is 42.1 Å². The van der Waals surface area contributed by atoms with Crippen molar-refractivity contribution in [2.75, 3.05) is 33.3 Å². The van der Waals surface area contributed by atoms with E-state index in [0.29, 0.717) is 108 Å². The lowest BCUT2D eigenvalue weighted by Crippen LogP contribution is -2.42. The first kappa shape index (κ1) is 41.3. The van der Waals surface area contributed by atoms with Crippen molar-refractivity contribution in [1.82, 2.24) is 24.5 Å². The molecule has 2 aromatic heterocycles. The summed E-state index contributed by atoms with van der Waals surface area (Å²) in [5, 5.41) is 21.3. The molecule has 5 aliphatic rings. The van der Waals surface area contributed by atoms with Crippen LogP contribution in [0.1, 0.15) is 91.0 Å². The smallest absolute Gasteiger partial charge is 0.240 e. The molecule has 0 spiro atoms. The van der Waals surface area contributed by atoms with Crippen LogP contribution in [0.3, 0.4) is 0 Å². The number of oxazole rings is 1. The maximum Gasteiger partial charge on any atom is 0.240 e. The van der Waals surface area contributed by atoms with Gasteiger partial charge < -0.3 is 19.0 Å². The van der Waals surface area contributed by atoms with Crippen molar-refractivity contribution >= 4 is 50.2 Å². The van der Waals surface area contributed by atoms with Crippen LogP contribution >= 0.6 is 23.2 Å². The number of fused-ring (bicyclic) bond motifs is 3. The van der Waals surface area contributed by atoms with E-state index in [9.17, 15) is 23.6 Å². The van der Waals surface area contributed by atoms with Crippen molar-refractivity contribution in [2.45, 2.75) is 87.8 Å². The number of aliphatic hydroxyl groups excluding tert-OH is 1. The highest BCUT2D eigenvalue weighted by atomic mass is 35.5. The Morgan fingerprint density at radius 3 is 2.52 bits per heavy atom. The maximum absolute atomic E-state index is 13.1. The van der Waals surface area contributed by atoms with Crippen molar-refractivity contribution in [2.24, 2.45) is 5.92 Å². The van der Waals surface area contributed by atoms with Crippen LogP contribution in [-0.4, -0.2) is 83.3 Å². The van der Waals surface area contributed by atoms with Gasteiger partial charge in [-0.2, -0.15) is 10.2 Å². The van der Waals surface area contributed by atoms with Crippen LogP contribution in [0.5, 0.6) is 11.8 Å². The number of aliphatic hydroxyl groups is 1. The highest BCUT2D eigenvalue weighted by molar-refractivity contribution is 7.91. The van der Waals surface area contributed by atoms with Gasteiger partial charge >= 0.3 is 0 Å². The summed E-state index contributed by atoms with van der Waals surface area (Å²) in [4.78, 5) is 27.1. The average molecular weight is 898 g/mol. The number of hydrogen-bond acceptors (Lipinski definition) is 12. The van der Waals surface area contributed by atoms with E-state index in [0.717, 1.165) is 64.8 Å². The fourth-order valence-electron chi connectivity index (χ4n) is 9.90. The number of hydrogen-bond donors (Lipinski definition) is 2. The maximum atomic E-state index is 13.1. The molecule has 2 saturated heterocycles. The Balaban J connectivity index is 0.895. The lowest BCUT2D eigenvalue weighted by molar-refractivity contribution is -0.122. The average Bonchev–Trinajstić information content (AvgIpc) is 3.86. The molecule has 1 saturated carbocycles. The second kappa shape index (κ2) is 15.8. The summed E-state index contributed by atoms with van der Waals surface area (Å²) in [6.45, 7) is 4.69. The molecule has 4 atom stereocenters. The van der Waals surface area contributed by atoms with Crippen LogP contribution in [-0.2, 0) is 34.2 Å². The molecule has 0 radical (unpaired) electrons. The number of nitrogens with zero attached hydrogens (tertiary/aromatic N) is 5. The third-order valence-corrected chi connectivity index (χ3v) is 16.5. The molecule has 322 valence electrons. The van der Waals surface area contributed by atoms with Crippen molar-refractivity contribution in [3.8, 4) is 40.4 Å². The Bertz CT molecular complexity index is 2800. The standard InChI is InChI=1S/C46H46Cl2N6O7S/c1-46(15-16-46)62(57,58)52-42(56)25-13-18-54(23-25)38-11-9-30-34(38)20-37-41(35(30)21-49)61-44(50-37)33-8-4-7-32(40(33)48)28-5-3-6-31-29(28)10-12-39(31)60-45-36(47)19-26(43(51-45)59-2)22-53-17-14-27(55)24-53/h3-8,19-20,25,27,38-39,55H,9-18,22-24H2,1-2H3,(H,52,56)/t25-,27-,38-,39+/m1/s1. The normalized spacial score (nSPS) is 23.0. The quantitative estimate of drug-likeness (QED) is 0.133. The Labute approximate surface area is 370 Å². The molecule has 3 aliphatic carbocycles. The number of β-amino-alcohol motifs (C(OH)–C–C–N with tert-alkyl or cyclic N) is 1. The minimum Gasteiger partial charge on any atom is -0.481 e. The number of halogens is 2. The number of pyridine rings is 1. The number of benzene rings is 3. The number of methoxy groups -OCH3 is 1. The van der Waals surface area contributed by atoms with Gasteiger partial charge in [0.15, 0.2) is 5.58 Å². The summed E-state index contributed by atoms with van der Waals surface area (Å²) in [5.74, 6) is 0.159. The molecule has 10 rings (SSSR count). The fourth-order valence-corrected chi connectivity index (χ4v) is 11.7. The third kappa shape index (κ3) is 7.20. The number of carbonyl (C=O) groups is 1. The summed E-state index contributed by atoms with van der Waals surface area (Å²) < 4.78 is 45.6. The van der Waals surface area contributed by atoms with Crippen molar-refractivity contribution in [3.63, 3.8) is 0 Å². The van der Waals surface area contributed by atoms with E-state index in [2.05, 4.69) is 31.6 Å². The zero-order valence-electron chi connectivity index (χ0n) is 34.4. The summed E-state index contributed by atoms with van der Waals surface area (Å²) >= 11 is 14.0. The number of nitrogens with one attached hydrogen (secondary N) is 1. The minimum absolute atomic E-state index is 0.0410. The van der Waals surface area contributed by atoms with Gasteiger partial charge in [-0.1, -0.05) is 53.5 Å². The fraction of sp³-hybridized carbons (Fsp3) is 0.435. The van der Waals surface area contributed by atoms with Gasteiger partial charge in [0.1, 0.15) is 28.3 Å². The van der Waals surface area contributed by atoms with E-state index in [1.807, 2.05) is 42.5 Å². The summed E-state index contributed by atoms with van der Waals surface area (Å²) in [7, 11) is -2.14. The molecule has 2 N–H and O–H groups in total. The zero-order chi connectivity index (χ0) is 43.1. The summed E-state index contributed by atoms with van der Waals surface area (Å²) in [6, 6.07) is 18.0. The van der Waals surface area contributed by atoms with E-state index in [1.54, 1.807) is 14.0 Å². The molecular weight excluding hydrogens is 852 g/mol. The van der Waals surface area contributed by atoms with Crippen LogP contribution in [0.15, 0.2) is 52.9 Å². The van der Waals surface area contributed by atoms with Crippen LogP contribution < -0.4 is 14.2 Å². The number of nitriles is 1. The van der Waals surface area contributed by atoms with Crippen LogP contribution in [0.2, 0.25) is 10.0 Å². The largest absolute Gasteiger partial charge is 0.481 e. The van der Waals surface area contributed by atoms with Crippen LogP contribution in [0.4, 0.5) is 0 Å². The number of ether oxygens (including phenoxy) is 2. The Morgan fingerprint density at radius 1 is 0.984 bits per heavy atom.